The van der Waals surface area contributed by atoms with Gasteiger partial charge in [0.05, 0.1) is 10.5 Å². The predicted octanol–water partition coefficient (Wildman–Crippen LogP) is 3.02. The molecule has 2 rings (SSSR count). The first-order valence-corrected chi connectivity index (χ1v) is 10.3. The minimum atomic E-state index is -3.66. The van der Waals surface area contributed by atoms with Crippen LogP contribution < -0.4 is 0 Å². The molecule has 0 radical (unpaired) electrons. The Morgan fingerprint density at radius 1 is 1.23 bits per heavy atom. The molecule has 6 nitrogen and oxygen atoms in total. The normalized spacial score (nSPS) is 19.2. The van der Waals surface area contributed by atoms with Crippen LogP contribution >= 0.6 is 0 Å². The molecule has 1 aromatic rings. The zero-order valence-corrected chi connectivity index (χ0v) is 16.6. The van der Waals surface area contributed by atoms with Crippen LogP contribution in [-0.2, 0) is 19.6 Å². The smallest absolute Gasteiger partial charge is 0.338 e. The average Bonchev–Trinajstić information content (AvgIpc) is 2.58. The van der Waals surface area contributed by atoms with Gasteiger partial charge in [0, 0.05) is 18.0 Å². The van der Waals surface area contributed by atoms with Crippen molar-refractivity contribution in [2.45, 2.75) is 57.9 Å². The van der Waals surface area contributed by atoms with Crippen LogP contribution in [0.5, 0.6) is 0 Å². The summed E-state index contributed by atoms with van der Waals surface area (Å²) in [6.07, 6.45) is 2.68. The molecule has 0 spiro atoms. The molecule has 1 heterocycles. The Balaban J connectivity index is 2.16. The van der Waals surface area contributed by atoms with Gasteiger partial charge in [0.2, 0.25) is 10.0 Å². The van der Waals surface area contributed by atoms with Gasteiger partial charge in [-0.25, -0.2) is 13.2 Å². The van der Waals surface area contributed by atoms with Gasteiger partial charge in [-0.05, 0) is 38.0 Å². The number of Topliss-reactive ketones (excluding diaryl/α,β-unsaturated/α-hetero) is 1. The van der Waals surface area contributed by atoms with Crippen LogP contribution in [0, 0.1) is 5.41 Å². The molecule has 1 fully saturated rings. The second-order valence-electron chi connectivity index (χ2n) is 7.74. The predicted molar refractivity (Wildman–Crippen MR) is 98.4 cm³/mol. The number of ketones is 1. The molecule has 1 atom stereocenters. The Bertz CT molecular complexity index is 779. The fraction of sp³-hybridized carbons (Fsp3) is 0.579. The standard InChI is InChI=1S/C19H27NO5S/c1-14-8-5-6-11-20(14)26(23,24)16-10-7-9-15(12-16)18(22)25-13-17(21)19(2,3)4/h7,9-10,12,14H,5-6,8,11,13H2,1-4H3/t14-/m0/s1. The van der Waals surface area contributed by atoms with E-state index < -0.39 is 21.4 Å². The fourth-order valence-electron chi connectivity index (χ4n) is 2.78. The molecule has 144 valence electrons. The molecule has 1 aromatic carbocycles. The molecule has 0 N–H and O–H groups in total. The number of hydrogen-bond donors (Lipinski definition) is 0. The first-order chi connectivity index (χ1) is 12.0. The van der Waals surface area contributed by atoms with Crippen LogP contribution in [0.15, 0.2) is 29.2 Å². The van der Waals surface area contributed by atoms with Crippen molar-refractivity contribution < 1.29 is 22.7 Å². The van der Waals surface area contributed by atoms with Crippen LogP contribution in [0.2, 0.25) is 0 Å². The van der Waals surface area contributed by atoms with E-state index in [4.69, 9.17) is 4.74 Å². The lowest BCUT2D eigenvalue weighted by atomic mass is 9.91. The summed E-state index contributed by atoms with van der Waals surface area (Å²) in [7, 11) is -3.66. The van der Waals surface area contributed by atoms with E-state index in [-0.39, 0.29) is 28.9 Å². The summed E-state index contributed by atoms with van der Waals surface area (Å²) in [4.78, 5) is 24.2. The highest BCUT2D eigenvalue weighted by atomic mass is 32.2. The minimum Gasteiger partial charge on any atom is -0.454 e. The van der Waals surface area contributed by atoms with Gasteiger partial charge in [-0.3, -0.25) is 4.79 Å². The lowest BCUT2D eigenvalue weighted by molar-refractivity contribution is -0.129. The van der Waals surface area contributed by atoms with Gasteiger partial charge in [-0.15, -0.1) is 0 Å². The van der Waals surface area contributed by atoms with Crippen molar-refractivity contribution in [3.8, 4) is 0 Å². The Kier molecular flexibility index (Phi) is 6.24. The molecular weight excluding hydrogens is 354 g/mol. The Morgan fingerprint density at radius 3 is 2.54 bits per heavy atom. The van der Waals surface area contributed by atoms with Gasteiger partial charge in [0.15, 0.2) is 12.4 Å². The monoisotopic (exact) mass is 381 g/mol. The third-order valence-corrected chi connectivity index (χ3v) is 6.60. The van der Waals surface area contributed by atoms with E-state index in [1.54, 1.807) is 20.8 Å². The van der Waals surface area contributed by atoms with E-state index in [1.165, 1.54) is 28.6 Å². The molecule has 1 aliphatic rings. The maximum absolute atomic E-state index is 12.9. The third kappa shape index (κ3) is 4.71. The molecule has 0 saturated carbocycles. The van der Waals surface area contributed by atoms with Crippen molar-refractivity contribution in [2.75, 3.05) is 13.2 Å². The fourth-order valence-corrected chi connectivity index (χ4v) is 4.52. The summed E-state index contributed by atoms with van der Waals surface area (Å²) >= 11 is 0. The van der Waals surface area contributed by atoms with Gasteiger partial charge in [-0.2, -0.15) is 4.31 Å². The number of hydrogen-bond acceptors (Lipinski definition) is 5. The van der Waals surface area contributed by atoms with Gasteiger partial charge in [0.25, 0.3) is 0 Å². The molecular formula is C19H27NO5S. The number of piperidine rings is 1. The second-order valence-corrected chi connectivity index (χ2v) is 9.63. The summed E-state index contributed by atoms with van der Waals surface area (Å²) in [5, 5.41) is 0. The van der Waals surface area contributed by atoms with Crippen LogP contribution in [-0.4, -0.2) is 43.7 Å². The molecule has 0 aliphatic carbocycles. The zero-order valence-electron chi connectivity index (χ0n) is 15.8. The highest BCUT2D eigenvalue weighted by Crippen LogP contribution is 2.25. The molecule has 0 aromatic heterocycles. The van der Waals surface area contributed by atoms with Crippen molar-refractivity contribution in [2.24, 2.45) is 5.41 Å². The number of sulfonamides is 1. The topological polar surface area (TPSA) is 80.8 Å². The molecule has 7 heteroatoms. The highest BCUT2D eigenvalue weighted by Gasteiger charge is 2.31. The molecule has 26 heavy (non-hydrogen) atoms. The van der Waals surface area contributed by atoms with Crippen molar-refractivity contribution in [1.82, 2.24) is 4.31 Å². The highest BCUT2D eigenvalue weighted by molar-refractivity contribution is 7.89. The molecule has 1 saturated heterocycles. The lowest BCUT2D eigenvalue weighted by Gasteiger charge is -2.32. The van der Waals surface area contributed by atoms with E-state index in [9.17, 15) is 18.0 Å². The van der Waals surface area contributed by atoms with E-state index in [1.807, 2.05) is 6.92 Å². The molecule has 0 unspecified atom stereocenters. The number of carbonyl (C=O) groups is 2. The molecule has 0 amide bonds. The number of carbonyl (C=O) groups excluding carboxylic acids is 2. The second kappa shape index (κ2) is 7.88. The maximum Gasteiger partial charge on any atom is 0.338 e. The first kappa shape index (κ1) is 20.6. The number of ether oxygens (including phenoxy) is 1. The quantitative estimate of drug-likeness (QED) is 0.733. The largest absolute Gasteiger partial charge is 0.454 e. The first-order valence-electron chi connectivity index (χ1n) is 8.86. The average molecular weight is 381 g/mol. The van der Waals surface area contributed by atoms with Crippen molar-refractivity contribution >= 4 is 21.8 Å². The summed E-state index contributed by atoms with van der Waals surface area (Å²) in [5.41, 5.74) is -0.479. The van der Waals surface area contributed by atoms with E-state index >= 15 is 0 Å². The van der Waals surface area contributed by atoms with E-state index in [0.717, 1.165) is 19.3 Å². The number of esters is 1. The third-order valence-electron chi connectivity index (χ3n) is 4.59. The summed E-state index contributed by atoms with van der Waals surface area (Å²) in [6, 6.07) is 5.74. The van der Waals surface area contributed by atoms with Crippen molar-refractivity contribution in [3.63, 3.8) is 0 Å². The molecule has 1 aliphatic heterocycles. The Hall–Kier alpha value is -1.73. The molecule has 0 bridgehead atoms. The van der Waals surface area contributed by atoms with E-state index in [2.05, 4.69) is 0 Å². The van der Waals surface area contributed by atoms with Gasteiger partial charge < -0.3 is 4.74 Å². The Labute approximate surface area is 155 Å². The van der Waals surface area contributed by atoms with Crippen LogP contribution in [0.25, 0.3) is 0 Å². The number of benzene rings is 1. The van der Waals surface area contributed by atoms with Gasteiger partial charge in [0.1, 0.15) is 0 Å². The van der Waals surface area contributed by atoms with Gasteiger partial charge in [-0.1, -0.05) is 33.3 Å². The summed E-state index contributed by atoms with van der Waals surface area (Å²) < 4.78 is 32.3. The summed E-state index contributed by atoms with van der Waals surface area (Å²) in [6.45, 7) is 7.29. The number of rotatable bonds is 5. The number of nitrogens with zero attached hydrogens (tertiary/aromatic N) is 1. The maximum atomic E-state index is 12.9. The van der Waals surface area contributed by atoms with E-state index in [0.29, 0.717) is 6.54 Å². The lowest BCUT2D eigenvalue weighted by Crippen LogP contribution is -2.41. The van der Waals surface area contributed by atoms with Crippen molar-refractivity contribution in [3.05, 3.63) is 29.8 Å². The SMILES string of the molecule is C[C@H]1CCCCN1S(=O)(=O)c1cccc(C(=O)OCC(=O)C(C)(C)C)c1. The zero-order chi connectivity index (χ0) is 19.5. The van der Waals surface area contributed by atoms with Crippen LogP contribution in [0.4, 0.5) is 0 Å². The van der Waals surface area contributed by atoms with Crippen molar-refractivity contribution in [1.29, 1.82) is 0 Å². The van der Waals surface area contributed by atoms with Crippen LogP contribution in [0.1, 0.15) is 57.3 Å². The Morgan fingerprint density at radius 2 is 1.92 bits per heavy atom. The summed E-state index contributed by atoms with van der Waals surface area (Å²) in [5.74, 6) is -0.900. The van der Waals surface area contributed by atoms with Gasteiger partial charge >= 0.3 is 5.97 Å². The minimum absolute atomic E-state index is 0.0613. The van der Waals surface area contributed by atoms with Crippen LogP contribution in [0.3, 0.4) is 0 Å².